The third-order valence-corrected chi connectivity index (χ3v) is 6.44. The van der Waals surface area contributed by atoms with Gasteiger partial charge in [0.2, 0.25) is 11.5 Å². The first-order valence-electron chi connectivity index (χ1n) is 12.2. The van der Waals surface area contributed by atoms with Gasteiger partial charge in [-0.3, -0.25) is 14.4 Å². The molecule has 0 bridgehead atoms. The number of hydrogen-bond donors (Lipinski definition) is 0. The van der Waals surface area contributed by atoms with E-state index in [-0.39, 0.29) is 36.0 Å². The number of benzene rings is 3. The highest BCUT2D eigenvalue weighted by Crippen LogP contribution is 2.19. The van der Waals surface area contributed by atoms with Gasteiger partial charge in [0.05, 0.1) is 19.4 Å². The number of carbonyl (C=O) groups excluding carboxylic acids is 3. The SMILES string of the molecule is O=C(Cc1ccc(C(=O)c2ccc(CC(=O)c3ccno3)cc2)cc1)c1ccc(N2CCOCC2)cc1. The molecule has 0 N–H and O–H groups in total. The maximum atomic E-state index is 12.9. The quantitative estimate of drug-likeness (QED) is 0.314. The predicted molar refractivity (Wildman–Crippen MR) is 138 cm³/mol. The molecule has 186 valence electrons. The van der Waals surface area contributed by atoms with Gasteiger partial charge in [-0.25, -0.2) is 0 Å². The molecule has 1 aliphatic heterocycles. The van der Waals surface area contributed by atoms with Crippen LogP contribution in [-0.4, -0.2) is 48.8 Å². The molecule has 0 spiro atoms. The van der Waals surface area contributed by atoms with E-state index in [0.717, 1.165) is 43.1 Å². The Bertz CT molecular complexity index is 1370. The summed E-state index contributed by atoms with van der Waals surface area (Å²) in [6, 6.07) is 23.3. The second-order valence-electron chi connectivity index (χ2n) is 8.95. The van der Waals surface area contributed by atoms with Crippen LogP contribution in [0.4, 0.5) is 5.69 Å². The monoisotopic (exact) mass is 494 g/mol. The summed E-state index contributed by atoms with van der Waals surface area (Å²) in [6.07, 6.45) is 1.86. The molecule has 37 heavy (non-hydrogen) atoms. The third-order valence-electron chi connectivity index (χ3n) is 6.44. The van der Waals surface area contributed by atoms with Gasteiger partial charge in [-0.05, 0) is 35.4 Å². The van der Waals surface area contributed by atoms with E-state index in [4.69, 9.17) is 9.26 Å². The Balaban J connectivity index is 1.18. The average molecular weight is 495 g/mol. The van der Waals surface area contributed by atoms with E-state index in [2.05, 4.69) is 10.1 Å². The minimum absolute atomic E-state index is 0.0306. The lowest BCUT2D eigenvalue weighted by atomic mass is 9.97. The van der Waals surface area contributed by atoms with Gasteiger partial charge < -0.3 is 14.2 Å². The summed E-state index contributed by atoms with van der Waals surface area (Å²) in [4.78, 5) is 40.1. The molecule has 3 aromatic carbocycles. The van der Waals surface area contributed by atoms with E-state index in [9.17, 15) is 14.4 Å². The summed E-state index contributed by atoms with van der Waals surface area (Å²) < 4.78 is 10.3. The van der Waals surface area contributed by atoms with Gasteiger partial charge in [-0.1, -0.05) is 53.7 Å². The zero-order valence-electron chi connectivity index (χ0n) is 20.3. The molecule has 1 fully saturated rings. The Morgan fingerprint density at radius 3 is 1.76 bits per heavy atom. The molecule has 4 aromatic rings. The molecular formula is C30H26N2O5. The first kappa shape index (κ1) is 24.3. The molecule has 0 aliphatic carbocycles. The predicted octanol–water partition coefficient (Wildman–Crippen LogP) is 4.59. The minimum atomic E-state index is -0.172. The summed E-state index contributed by atoms with van der Waals surface area (Å²) in [7, 11) is 0. The second kappa shape index (κ2) is 11.1. The molecule has 0 unspecified atom stereocenters. The number of ether oxygens (including phenoxy) is 1. The molecule has 7 heteroatoms. The molecule has 7 nitrogen and oxygen atoms in total. The lowest BCUT2D eigenvalue weighted by molar-refractivity contribution is 0.0955. The van der Waals surface area contributed by atoms with Crippen molar-refractivity contribution >= 4 is 23.0 Å². The molecule has 0 saturated carbocycles. The molecule has 1 aromatic heterocycles. The number of anilines is 1. The smallest absolute Gasteiger partial charge is 0.205 e. The molecule has 1 saturated heterocycles. The Kier molecular flexibility index (Phi) is 7.33. The highest BCUT2D eigenvalue weighted by Gasteiger charge is 2.15. The molecule has 0 amide bonds. The molecule has 0 radical (unpaired) electrons. The number of rotatable bonds is 9. The van der Waals surface area contributed by atoms with Gasteiger partial charge in [0, 0.05) is 54.4 Å². The fraction of sp³-hybridized carbons (Fsp3) is 0.200. The van der Waals surface area contributed by atoms with Crippen molar-refractivity contribution in [2.24, 2.45) is 0 Å². The van der Waals surface area contributed by atoms with Crippen LogP contribution in [0.1, 0.15) is 48.0 Å². The van der Waals surface area contributed by atoms with Crippen LogP contribution in [0.5, 0.6) is 0 Å². The average Bonchev–Trinajstić information content (AvgIpc) is 3.50. The van der Waals surface area contributed by atoms with Gasteiger partial charge in [0.15, 0.2) is 11.6 Å². The standard InChI is InChI=1S/C30H26N2O5/c33-27(23-9-11-26(12-10-23)32-15-17-36-18-16-32)19-21-1-5-24(6-2-21)30(35)25-7-3-22(4-8-25)20-28(34)29-13-14-31-37-29/h1-14H,15-20H2. The first-order valence-corrected chi connectivity index (χ1v) is 12.2. The Hall–Kier alpha value is -4.36. The van der Waals surface area contributed by atoms with Crippen LogP contribution < -0.4 is 4.90 Å². The molecular weight excluding hydrogens is 468 g/mol. The third kappa shape index (κ3) is 5.90. The summed E-state index contributed by atoms with van der Waals surface area (Å²) in [6.45, 7) is 3.14. The Labute approximate surface area is 214 Å². The van der Waals surface area contributed by atoms with Crippen LogP contribution in [0.2, 0.25) is 0 Å². The van der Waals surface area contributed by atoms with Gasteiger partial charge in [-0.2, -0.15) is 0 Å². The van der Waals surface area contributed by atoms with Crippen molar-refractivity contribution in [2.45, 2.75) is 12.8 Å². The summed E-state index contributed by atoms with van der Waals surface area (Å²) in [5.41, 5.74) is 4.46. The van der Waals surface area contributed by atoms with E-state index < -0.39 is 0 Å². The van der Waals surface area contributed by atoms with Crippen LogP contribution in [-0.2, 0) is 17.6 Å². The highest BCUT2D eigenvalue weighted by atomic mass is 16.5. The largest absolute Gasteiger partial charge is 0.378 e. The van der Waals surface area contributed by atoms with E-state index in [1.807, 2.05) is 36.4 Å². The van der Waals surface area contributed by atoms with E-state index in [1.165, 1.54) is 12.3 Å². The lowest BCUT2D eigenvalue weighted by Crippen LogP contribution is -2.36. The Morgan fingerprint density at radius 1 is 0.676 bits per heavy atom. The van der Waals surface area contributed by atoms with Crippen molar-refractivity contribution in [3.63, 3.8) is 0 Å². The first-order chi connectivity index (χ1) is 18.1. The van der Waals surface area contributed by atoms with Crippen LogP contribution in [0.15, 0.2) is 89.6 Å². The van der Waals surface area contributed by atoms with Crippen LogP contribution in [0, 0.1) is 0 Å². The number of carbonyl (C=O) groups is 3. The maximum Gasteiger partial charge on any atom is 0.205 e. The normalized spacial score (nSPS) is 13.4. The summed E-state index contributed by atoms with van der Waals surface area (Å²) >= 11 is 0. The van der Waals surface area contributed by atoms with Gasteiger partial charge in [-0.15, -0.1) is 0 Å². The minimum Gasteiger partial charge on any atom is -0.378 e. The van der Waals surface area contributed by atoms with E-state index >= 15 is 0 Å². The number of nitrogens with zero attached hydrogens (tertiary/aromatic N) is 2. The molecule has 0 atom stereocenters. The van der Waals surface area contributed by atoms with Crippen molar-refractivity contribution in [1.29, 1.82) is 0 Å². The number of aromatic nitrogens is 1. The van der Waals surface area contributed by atoms with Crippen molar-refractivity contribution in [3.05, 3.63) is 119 Å². The maximum absolute atomic E-state index is 12.9. The van der Waals surface area contributed by atoms with E-state index in [1.54, 1.807) is 36.4 Å². The van der Waals surface area contributed by atoms with Crippen molar-refractivity contribution in [3.8, 4) is 0 Å². The second-order valence-corrected chi connectivity index (χ2v) is 8.95. The number of Topliss-reactive ketones (excluding diaryl/α,β-unsaturated/α-hetero) is 2. The number of hydrogen-bond acceptors (Lipinski definition) is 7. The van der Waals surface area contributed by atoms with Crippen LogP contribution in [0.3, 0.4) is 0 Å². The number of ketones is 3. The number of morpholine rings is 1. The zero-order chi connectivity index (χ0) is 25.6. The van der Waals surface area contributed by atoms with Gasteiger partial charge in [0.1, 0.15) is 0 Å². The van der Waals surface area contributed by atoms with Crippen LogP contribution >= 0.6 is 0 Å². The van der Waals surface area contributed by atoms with Gasteiger partial charge in [0.25, 0.3) is 0 Å². The summed E-state index contributed by atoms with van der Waals surface area (Å²) in [5.74, 6) is -0.0498. The zero-order valence-corrected chi connectivity index (χ0v) is 20.3. The topological polar surface area (TPSA) is 89.7 Å². The fourth-order valence-electron chi connectivity index (χ4n) is 4.31. The molecule has 1 aliphatic rings. The molecule has 5 rings (SSSR count). The van der Waals surface area contributed by atoms with Gasteiger partial charge >= 0.3 is 0 Å². The van der Waals surface area contributed by atoms with E-state index in [0.29, 0.717) is 16.7 Å². The molecule has 2 heterocycles. The summed E-state index contributed by atoms with van der Waals surface area (Å²) in [5, 5.41) is 3.55. The van der Waals surface area contributed by atoms with Crippen molar-refractivity contribution in [2.75, 3.05) is 31.2 Å². The Morgan fingerprint density at radius 2 is 1.22 bits per heavy atom. The highest BCUT2D eigenvalue weighted by molar-refractivity contribution is 6.09. The fourth-order valence-corrected chi connectivity index (χ4v) is 4.31. The lowest BCUT2D eigenvalue weighted by Gasteiger charge is -2.28. The van der Waals surface area contributed by atoms with Crippen LogP contribution in [0.25, 0.3) is 0 Å². The van der Waals surface area contributed by atoms with Crippen molar-refractivity contribution in [1.82, 2.24) is 5.16 Å². The van der Waals surface area contributed by atoms with Crippen molar-refractivity contribution < 1.29 is 23.6 Å².